The maximum absolute atomic E-state index is 13.3. The van der Waals surface area contributed by atoms with Gasteiger partial charge in [-0.25, -0.2) is 4.98 Å². The normalized spacial score (nSPS) is 19.3. The van der Waals surface area contributed by atoms with Crippen LogP contribution in [0.5, 0.6) is 11.5 Å². The number of hydrogen-bond acceptors (Lipinski definition) is 6. The van der Waals surface area contributed by atoms with E-state index in [0.717, 1.165) is 32.0 Å². The van der Waals surface area contributed by atoms with Crippen molar-refractivity contribution in [3.8, 4) is 11.5 Å². The predicted molar refractivity (Wildman–Crippen MR) is 119 cm³/mol. The molecule has 1 N–H and O–H groups in total. The molecule has 0 spiro atoms. The van der Waals surface area contributed by atoms with Gasteiger partial charge in [0, 0.05) is 19.3 Å². The Morgan fingerprint density at radius 3 is 2.76 bits per heavy atom. The Kier molecular flexibility index (Phi) is 7.33. The molecule has 3 heterocycles. The number of para-hydroxylation sites is 1. The first kappa shape index (κ1) is 23.7. The SMILES string of the molecule is CSc1ncccc1C(=O)NCC1CCN(C[C@H]2COc3cccc(C(F)(F)F)c3O2)CC1. The summed E-state index contributed by atoms with van der Waals surface area (Å²) < 4.78 is 51.2. The molecule has 1 atom stereocenters. The molecule has 2 aliphatic heterocycles. The van der Waals surface area contributed by atoms with Gasteiger partial charge >= 0.3 is 6.18 Å². The number of pyridine rings is 1. The van der Waals surface area contributed by atoms with Crippen LogP contribution in [0.4, 0.5) is 13.2 Å². The highest BCUT2D eigenvalue weighted by Gasteiger charge is 2.38. The van der Waals surface area contributed by atoms with Gasteiger partial charge in [0.1, 0.15) is 23.3 Å². The molecule has 1 aromatic carbocycles. The van der Waals surface area contributed by atoms with Crippen molar-refractivity contribution in [1.29, 1.82) is 0 Å². The van der Waals surface area contributed by atoms with Crippen LogP contribution in [-0.4, -0.2) is 60.9 Å². The van der Waals surface area contributed by atoms with Crippen LogP contribution >= 0.6 is 11.8 Å². The van der Waals surface area contributed by atoms with E-state index in [2.05, 4.69) is 15.2 Å². The molecular weight excluding hydrogens is 455 g/mol. The van der Waals surface area contributed by atoms with E-state index >= 15 is 0 Å². The molecule has 0 saturated carbocycles. The van der Waals surface area contributed by atoms with Crippen molar-refractivity contribution in [2.75, 3.05) is 39.0 Å². The molecule has 10 heteroatoms. The summed E-state index contributed by atoms with van der Waals surface area (Å²) in [6.07, 6.45) is 0.376. The first-order chi connectivity index (χ1) is 15.8. The number of nitrogens with one attached hydrogen (secondary N) is 1. The van der Waals surface area contributed by atoms with Gasteiger partial charge in [-0.15, -0.1) is 11.8 Å². The molecule has 33 heavy (non-hydrogen) atoms. The van der Waals surface area contributed by atoms with Crippen LogP contribution in [0.25, 0.3) is 0 Å². The number of rotatable bonds is 6. The topological polar surface area (TPSA) is 63.7 Å². The molecule has 0 radical (unpaired) electrons. The minimum atomic E-state index is -4.49. The van der Waals surface area contributed by atoms with Crippen molar-refractivity contribution in [2.24, 2.45) is 5.92 Å². The summed E-state index contributed by atoms with van der Waals surface area (Å²) in [6, 6.07) is 7.35. The number of aromatic nitrogens is 1. The van der Waals surface area contributed by atoms with E-state index in [1.54, 1.807) is 18.3 Å². The van der Waals surface area contributed by atoms with E-state index in [-0.39, 0.29) is 24.0 Å². The van der Waals surface area contributed by atoms with Crippen molar-refractivity contribution in [2.45, 2.75) is 30.1 Å². The van der Waals surface area contributed by atoms with E-state index in [9.17, 15) is 18.0 Å². The fourth-order valence-electron chi connectivity index (χ4n) is 4.17. The number of benzene rings is 1. The van der Waals surface area contributed by atoms with Gasteiger partial charge in [-0.3, -0.25) is 9.69 Å². The molecule has 0 bridgehead atoms. The van der Waals surface area contributed by atoms with Crippen LogP contribution in [0.15, 0.2) is 41.6 Å². The number of alkyl halides is 3. The van der Waals surface area contributed by atoms with Gasteiger partial charge < -0.3 is 14.8 Å². The third kappa shape index (κ3) is 5.73. The highest BCUT2D eigenvalue weighted by molar-refractivity contribution is 7.98. The average Bonchev–Trinajstić information content (AvgIpc) is 2.82. The molecule has 2 aliphatic rings. The summed E-state index contributed by atoms with van der Waals surface area (Å²) in [5.74, 6) is 0.134. The van der Waals surface area contributed by atoms with Crippen LogP contribution in [0.2, 0.25) is 0 Å². The van der Waals surface area contributed by atoms with E-state index in [1.165, 1.54) is 23.9 Å². The Balaban J connectivity index is 1.25. The summed E-state index contributed by atoms with van der Waals surface area (Å²) >= 11 is 1.44. The number of thioether (sulfide) groups is 1. The molecule has 178 valence electrons. The Morgan fingerprint density at radius 2 is 2.03 bits per heavy atom. The quantitative estimate of drug-likeness (QED) is 0.627. The van der Waals surface area contributed by atoms with Crippen molar-refractivity contribution in [3.05, 3.63) is 47.7 Å². The van der Waals surface area contributed by atoms with Gasteiger partial charge in [0.05, 0.1) is 5.56 Å². The van der Waals surface area contributed by atoms with Crippen LogP contribution < -0.4 is 14.8 Å². The lowest BCUT2D eigenvalue weighted by Crippen LogP contribution is -2.45. The lowest BCUT2D eigenvalue weighted by atomic mass is 9.96. The van der Waals surface area contributed by atoms with Gasteiger partial charge in [-0.1, -0.05) is 6.07 Å². The minimum Gasteiger partial charge on any atom is -0.486 e. The van der Waals surface area contributed by atoms with Crippen LogP contribution in [0, 0.1) is 5.92 Å². The number of piperidine rings is 1. The Bertz CT molecular complexity index is 981. The molecule has 1 fully saturated rings. The number of amides is 1. The summed E-state index contributed by atoms with van der Waals surface area (Å²) in [4.78, 5) is 18.9. The van der Waals surface area contributed by atoms with Crippen molar-refractivity contribution < 1.29 is 27.4 Å². The van der Waals surface area contributed by atoms with E-state index in [0.29, 0.717) is 29.6 Å². The maximum atomic E-state index is 13.3. The number of halogens is 3. The smallest absolute Gasteiger partial charge is 0.420 e. The second-order valence-electron chi connectivity index (χ2n) is 8.20. The fraction of sp³-hybridized carbons (Fsp3) is 0.478. The minimum absolute atomic E-state index is 0.123. The largest absolute Gasteiger partial charge is 0.486 e. The molecule has 4 rings (SSSR count). The van der Waals surface area contributed by atoms with Gasteiger partial charge in [0.25, 0.3) is 5.91 Å². The molecule has 6 nitrogen and oxygen atoms in total. The van der Waals surface area contributed by atoms with Gasteiger partial charge in [-0.2, -0.15) is 13.2 Å². The van der Waals surface area contributed by atoms with Crippen LogP contribution in [0.3, 0.4) is 0 Å². The van der Waals surface area contributed by atoms with Crippen LogP contribution in [0.1, 0.15) is 28.8 Å². The van der Waals surface area contributed by atoms with E-state index in [1.807, 2.05) is 6.26 Å². The maximum Gasteiger partial charge on any atom is 0.420 e. The summed E-state index contributed by atoms with van der Waals surface area (Å²) in [7, 11) is 0. The van der Waals surface area contributed by atoms with Crippen molar-refractivity contribution in [3.63, 3.8) is 0 Å². The highest BCUT2D eigenvalue weighted by Crippen LogP contribution is 2.43. The van der Waals surface area contributed by atoms with Gasteiger partial charge in [0.2, 0.25) is 0 Å². The summed E-state index contributed by atoms with van der Waals surface area (Å²) in [6.45, 7) is 2.87. The predicted octanol–water partition coefficient (Wildman–Crippen LogP) is 4.10. The number of likely N-dealkylation sites (tertiary alicyclic amines) is 1. The van der Waals surface area contributed by atoms with Crippen molar-refractivity contribution in [1.82, 2.24) is 15.2 Å². The van der Waals surface area contributed by atoms with E-state index < -0.39 is 17.8 Å². The zero-order chi connectivity index (χ0) is 23.4. The Hall–Kier alpha value is -2.46. The molecule has 1 amide bonds. The Labute approximate surface area is 194 Å². The average molecular weight is 482 g/mol. The number of ether oxygens (including phenoxy) is 2. The van der Waals surface area contributed by atoms with Gasteiger partial charge in [0.15, 0.2) is 11.5 Å². The highest BCUT2D eigenvalue weighted by atomic mass is 32.2. The second-order valence-corrected chi connectivity index (χ2v) is 8.99. The molecule has 0 unspecified atom stereocenters. The zero-order valence-electron chi connectivity index (χ0n) is 18.2. The molecule has 0 aliphatic carbocycles. The lowest BCUT2D eigenvalue weighted by molar-refractivity contribution is -0.140. The molecule has 2 aromatic rings. The zero-order valence-corrected chi connectivity index (χ0v) is 19.0. The summed E-state index contributed by atoms with van der Waals surface area (Å²) in [5.41, 5.74) is -0.229. The number of nitrogens with zero attached hydrogens (tertiary/aromatic N) is 2. The number of fused-ring (bicyclic) bond motifs is 1. The van der Waals surface area contributed by atoms with E-state index in [4.69, 9.17) is 9.47 Å². The molecular formula is C23H26F3N3O3S. The fourth-order valence-corrected chi connectivity index (χ4v) is 4.71. The number of hydrogen-bond donors (Lipinski definition) is 1. The molecule has 1 saturated heterocycles. The standard InChI is InChI=1S/C23H26F3N3O3S/c1-33-22-17(4-3-9-27-22)21(30)28-12-15-7-10-29(11-8-15)13-16-14-31-19-6-2-5-18(20(19)32-16)23(24,25)26/h2-6,9,15-16H,7-8,10-14H2,1H3,(H,28,30)/t16-/m0/s1. The first-order valence-corrected chi connectivity index (χ1v) is 12.1. The second kappa shape index (κ2) is 10.2. The lowest BCUT2D eigenvalue weighted by Gasteiger charge is -2.36. The number of carbonyl (C=O) groups is 1. The van der Waals surface area contributed by atoms with Crippen molar-refractivity contribution >= 4 is 17.7 Å². The monoisotopic (exact) mass is 481 g/mol. The first-order valence-electron chi connectivity index (χ1n) is 10.8. The third-order valence-corrected chi connectivity index (χ3v) is 6.63. The number of carbonyl (C=O) groups excluding carboxylic acids is 1. The van der Waals surface area contributed by atoms with Gasteiger partial charge in [-0.05, 0) is 62.4 Å². The molecule has 1 aromatic heterocycles. The third-order valence-electron chi connectivity index (χ3n) is 5.92. The van der Waals surface area contributed by atoms with Crippen LogP contribution in [-0.2, 0) is 6.18 Å². The Morgan fingerprint density at radius 1 is 1.24 bits per heavy atom. The summed E-state index contributed by atoms with van der Waals surface area (Å²) in [5, 5.41) is 3.71.